The summed E-state index contributed by atoms with van der Waals surface area (Å²) in [4.78, 5) is 12.0. The largest absolute Gasteiger partial charge is 0.322 e. The minimum atomic E-state index is -0.629. The molecule has 0 saturated heterocycles. The maximum Gasteiger partial charge on any atom is 0.258 e. The summed E-state index contributed by atoms with van der Waals surface area (Å²) < 4.78 is 13.6. The number of nitrogens with one attached hydrogen (secondary N) is 1. The smallest absolute Gasteiger partial charge is 0.258 e. The van der Waals surface area contributed by atoms with Crippen LogP contribution in [-0.4, -0.2) is 5.91 Å². The monoisotopic (exact) mass is 277 g/mol. The molecule has 98 valence electrons. The number of benzene rings is 2. The summed E-state index contributed by atoms with van der Waals surface area (Å²) in [6.45, 7) is 3.86. The van der Waals surface area contributed by atoms with Crippen molar-refractivity contribution in [1.82, 2.24) is 0 Å². The predicted octanol–water partition coefficient (Wildman–Crippen LogP) is 4.35. The highest BCUT2D eigenvalue weighted by Gasteiger charge is 2.13. The van der Waals surface area contributed by atoms with Gasteiger partial charge in [-0.1, -0.05) is 23.7 Å². The first-order valence-corrected chi connectivity index (χ1v) is 6.19. The topological polar surface area (TPSA) is 29.1 Å². The van der Waals surface area contributed by atoms with Gasteiger partial charge in [0.2, 0.25) is 0 Å². The van der Waals surface area contributed by atoms with Crippen molar-refractivity contribution in [3.05, 3.63) is 63.9 Å². The molecule has 0 radical (unpaired) electrons. The number of rotatable bonds is 2. The van der Waals surface area contributed by atoms with Gasteiger partial charge in [-0.3, -0.25) is 4.79 Å². The third kappa shape index (κ3) is 2.93. The lowest BCUT2D eigenvalue weighted by molar-refractivity contribution is 0.102. The number of anilines is 1. The zero-order chi connectivity index (χ0) is 14.0. The van der Waals surface area contributed by atoms with Crippen LogP contribution in [0, 0.1) is 19.7 Å². The van der Waals surface area contributed by atoms with Crippen LogP contribution in [0.5, 0.6) is 0 Å². The summed E-state index contributed by atoms with van der Waals surface area (Å²) in [5, 5.41) is 2.97. The highest BCUT2D eigenvalue weighted by Crippen LogP contribution is 2.20. The number of halogens is 2. The van der Waals surface area contributed by atoms with Gasteiger partial charge in [-0.25, -0.2) is 4.39 Å². The molecule has 0 atom stereocenters. The fourth-order valence-corrected chi connectivity index (χ4v) is 1.91. The summed E-state index contributed by atoms with van der Waals surface area (Å²) in [6, 6.07) is 9.57. The van der Waals surface area contributed by atoms with Crippen LogP contribution in [0.2, 0.25) is 5.02 Å². The van der Waals surface area contributed by atoms with E-state index in [2.05, 4.69) is 5.32 Å². The highest BCUT2D eigenvalue weighted by atomic mass is 35.5. The maximum atomic E-state index is 13.6. The molecule has 0 aromatic heterocycles. The summed E-state index contributed by atoms with van der Waals surface area (Å²) >= 11 is 5.66. The fourth-order valence-electron chi connectivity index (χ4n) is 1.75. The number of aryl methyl sites for hydroxylation is 1. The van der Waals surface area contributed by atoms with Crippen LogP contribution in [0.25, 0.3) is 0 Å². The molecule has 0 aliphatic heterocycles. The van der Waals surface area contributed by atoms with Gasteiger partial charge in [0.1, 0.15) is 5.82 Å². The van der Waals surface area contributed by atoms with Crippen molar-refractivity contribution in [2.45, 2.75) is 13.8 Å². The van der Waals surface area contributed by atoms with E-state index < -0.39 is 11.7 Å². The van der Waals surface area contributed by atoms with Crippen LogP contribution >= 0.6 is 11.6 Å². The van der Waals surface area contributed by atoms with Gasteiger partial charge in [-0.15, -0.1) is 0 Å². The van der Waals surface area contributed by atoms with Gasteiger partial charge in [-0.2, -0.15) is 0 Å². The van der Waals surface area contributed by atoms with E-state index in [9.17, 15) is 9.18 Å². The SMILES string of the molecule is Cc1cccc(NC(=O)c2ccc(Cl)cc2F)c1C. The van der Waals surface area contributed by atoms with Crippen molar-refractivity contribution in [1.29, 1.82) is 0 Å². The van der Waals surface area contributed by atoms with Gasteiger partial charge >= 0.3 is 0 Å². The Balaban J connectivity index is 2.28. The number of carbonyl (C=O) groups is 1. The van der Waals surface area contributed by atoms with Crippen LogP contribution in [-0.2, 0) is 0 Å². The van der Waals surface area contributed by atoms with E-state index in [0.717, 1.165) is 17.2 Å². The van der Waals surface area contributed by atoms with Crippen LogP contribution < -0.4 is 5.32 Å². The Morgan fingerprint density at radius 2 is 1.95 bits per heavy atom. The molecule has 0 saturated carbocycles. The first-order valence-electron chi connectivity index (χ1n) is 5.81. The van der Waals surface area contributed by atoms with Crippen molar-refractivity contribution in [2.75, 3.05) is 5.32 Å². The van der Waals surface area contributed by atoms with Crippen molar-refractivity contribution in [3.63, 3.8) is 0 Å². The second kappa shape index (κ2) is 5.41. The third-order valence-electron chi connectivity index (χ3n) is 3.03. The Morgan fingerprint density at radius 3 is 2.63 bits per heavy atom. The summed E-state index contributed by atoms with van der Waals surface area (Å²) in [7, 11) is 0. The first-order chi connectivity index (χ1) is 8.99. The molecule has 1 N–H and O–H groups in total. The van der Waals surface area contributed by atoms with Gasteiger partial charge in [0, 0.05) is 10.7 Å². The second-order valence-corrected chi connectivity index (χ2v) is 4.76. The van der Waals surface area contributed by atoms with E-state index in [1.165, 1.54) is 12.1 Å². The molecule has 0 heterocycles. The Labute approximate surface area is 116 Å². The zero-order valence-electron chi connectivity index (χ0n) is 10.6. The molecule has 2 aromatic rings. The molecule has 4 heteroatoms. The van der Waals surface area contributed by atoms with E-state index in [-0.39, 0.29) is 10.6 Å². The Bertz CT molecular complexity index is 640. The second-order valence-electron chi connectivity index (χ2n) is 4.33. The van der Waals surface area contributed by atoms with Gasteiger partial charge in [0.05, 0.1) is 5.56 Å². The van der Waals surface area contributed by atoms with Gasteiger partial charge in [0.25, 0.3) is 5.91 Å². The molecule has 0 aliphatic rings. The third-order valence-corrected chi connectivity index (χ3v) is 3.26. The van der Waals surface area contributed by atoms with Crippen LogP contribution in [0.15, 0.2) is 36.4 Å². The van der Waals surface area contributed by atoms with Crippen molar-refractivity contribution in [2.24, 2.45) is 0 Å². The average Bonchev–Trinajstić information content (AvgIpc) is 2.34. The molecule has 0 spiro atoms. The molecular weight excluding hydrogens is 265 g/mol. The molecule has 2 rings (SSSR count). The molecule has 2 aromatic carbocycles. The van der Waals surface area contributed by atoms with Crippen LogP contribution in [0.4, 0.5) is 10.1 Å². The van der Waals surface area contributed by atoms with E-state index >= 15 is 0 Å². The van der Waals surface area contributed by atoms with Crippen molar-refractivity contribution in [3.8, 4) is 0 Å². The van der Waals surface area contributed by atoms with E-state index in [0.29, 0.717) is 5.69 Å². The maximum absolute atomic E-state index is 13.6. The zero-order valence-corrected chi connectivity index (χ0v) is 11.4. The lowest BCUT2D eigenvalue weighted by Gasteiger charge is -2.10. The van der Waals surface area contributed by atoms with E-state index in [1.54, 1.807) is 6.07 Å². The predicted molar refractivity (Wildman–Crippen MR) is 75.3 cm³/mol. The quantitative estimate of drug-likeness (QED) is 0.869. The van der Waals surface area contributed by atoms with Crippen molar-refractivity contribution >= 4 is 23.2 Å². The molecular formula is C15H13ClFNO. The standard InChI is InChI=1S/C15H13ClFNO/c1-9-4-3-5-14(10(9)2)18-15(19)12-7-6-11(16)8-13(12)17/h3-8H,1-2H3,(H,18,19). The Hall–Kier alpha value is -1.87. The number of hydrogen-bond donors (Lipinski definition) is 1. The molecule has 0 aliphatic carbocycles. The lowest BCUT2D eigenvalue weighted by Crippen LogP contribution is -2.14. The van der Waals surface area contributed by atoms with Gasteiger partial charge < -0.3 is 5.32 Å². The fraction of sp³-hybridized carbons (Fsp3) is 0.133. The van der Waals surface area contributed by atoms with Crippen LogP contribution in [0.1, 0.15) is 21.5 Å². The minimum absolute atomic E-state index is 0.0229. The molecule has 2 nitrogen and oxygen atoms in total. The van der Waals surface area contributed by atoms with Crippen LogP contribution in [0.3, 0.4) is 0 Å². The summed E-state index contributed by atoms with van der Waals surface area (Å²) in [5.74, 6) is -1.11. The minimum Gasteiger partial charge on any atom is -0.322 e. The normalized spacial score (nSPS) is 10.3. The van der Waals surface area contributed by atoms with E-state index in [1.807, 2.05) is 26.0 Å². The summed E-state index contributed by atoms with van der Waals surface area (Å²) in [6.07, 6.45) is 0. The summed E-state index contributed by atoms with van der Waals surface area (Å²) in [5.41, 5.74) is 2.68. The Kier molecular flexibility index (Phi) is 3.86. The van der Waals surface area contributed by atoms with Gasteiger partial charge in [0.15, 0.2) is 0 Å². The van der Waals surface area contributed by atoms with Gasteiger partial charge in [-0.05, 0) is 49.2 Å². The van der Waals surface area contributed by atoms with E-state index in [4.69, 9.17) is 11.6 Å². The number of hydrogen-bond acceptors (Lipinski definition) is 1. The highest BCUT2D eigenvalue weighted by molar-refractivity contribution is 6.30. The first kappa shape index (κ1) is 13.6. The Morgan fingerprint density at radius 1 is 1.21 bits per heavy atom. The average molecular weight is 278 g/mol. The van der Waals surface area contributed by atoms with Crippen molar-refractivity contribution < 1.29 is 9.18 Å². The number of carbonyl (C=O) groups excluding carboxylic acids is 1. The molecule has 0 unspecified atom stereocenters. The molecule has 0 fully saturated rings. The lowest BCUT2D eigenvalue weighted by atomic mass is 10.1. The molecule has 1 amide bonds. The number of amides is 1. The molecule has 19 heavy (non-hydrogen) atoms. The molecule has 0 bridgehead atoms.